The average Bonchev–Trinajstić information content (AvgIpc) is 2.70. The molecule has 3 heteroatoms. The summed E-state index contributed by atoms with van der Waals surface area (Å²) in [7, 11) is 0. The number of rotatable bonds is 3. The molecule has 0 bridgehead atoms. The summed E-state index contributed by atoms with van der Waals surface area (Å²) >= 11 is 0. The lowest BCUT2D eigenvalue weighted by Crippen LogP contribution is -2.12. The molecule has 1 N–H and O–H groups in total. The summed E-state index contributed by atoms with van der Waals surface area (Å²) in [5, 5.41) is 10.5. The van der Waals surface area contributed by atoms with E-state index in [2.05, 4.69) is 6.92 Å². The van der Waals surface area contributed by atoms with E-state index in [9.17, 15) is 13.9 Å². The highest BCUT2D eigenvalue weighted by Crippen LogP contribution is 2.38. The number of phenols is 1. The summed E-state index contributed by atoms with van der Waals surface area (Å²) in [6.07, 6.45) is 5.97. The molecule has 0 radical (unpaired) electrons. The fourth-order valence-corrected chi connectivity index (χ4v) is 4.37. The van der Waals surface area contributed by atoms with Gasteiger partial charge in [-0.15, -0.1) is 0 Å². The molecule has 0 aliphatic heterocycles. The highest BCUT2D eigenvalue weighted by Gasteiger charge is 2.22. The van der Waals surface area contributed by atoms with E-state index in [0.29, 0.717) is 27.8 Å². The van der Waals surface area contributed by atoms with Gasteiger partial charge in [-0.3, -0.25) is 0 Å². The van der Waals surface area contributed by atoms with Gasteiger partial charge in [0.25, 0.3) is 0 Å². The Labute approximate surface area is 158 Å². The van der Waals surface area contributed by atoms with Crippen molar-refractivity contribution in [1.29, 1.82) is 0 Å². The first-order chi connectivity index (χ1) is 13.1. The Bertz CT molecular complexity index is 972. The van der Waals surface area contributed by atoms with Gasteiger partial charge < -0.3 is 5.11 Å². The SMILES string of the molecule is CCC1CCC(c2ccc(-c3ccc4c(F)c(O)ccc4c3)c(F)c2)CC1. The first-order valence-electron chi connectivity index (χ1n) is 9.78. The molecule has 0 saturated heterocycles. The van der Waals surface area contributed by atoms with E-state index in [4.69, 9.17) is 0 Å². The summed E-state index contributed by atoms with van der Waals surface area (Å²) in [6.45, 7) is 2.25. The summed E-state index contributed by atoms with van der Waals surface area (Å²) in [5.41, 5.74) is 2.32. The Kier molecular flexibility index (Phi) is 4.86. The van der Waals surface area contributed by atoms with Gasteiger partial charge in [-0.1, -0.05) is 43.7 Å². The van der Waals surface area contributed by atoms with Gasteiger partial charge >= 0.3 is 0 Å². The number of phenolic OH excluding ortho intramolecular Hbond substituents is 1. The van der Waals surface area contributed by atoms with Crippen molar-refractivity contribution in [3.05, 3.63) is 65.7 Å². The molecule has 0 atom stereocenters. The largest absolute Gasteiger partial charge is 0.505 e. The van der Waals surface area contributed by atoms with Crippen LogP contribution in [0.4, 0.5) is 8.78 Å². The summed E-state index contributed by atoms with van der Waals surface area (Å²) in [5.74, 6) is 0.0256. The van der Waals surface area contributed by atoms with E-state index in [-0.39, 0.29) is 11.6 Å². The highest BCUT2D eigenvalue weighted by molar-refractivity contribution is 5.89. The molecule has 27 heavy (non-hydrogen) atoms. The monoisotopic (exact) mass is 366 g/mol. The number of hydrogen-bond donors (Lipinski definition) is 1. The molecule has 1 aliphatic carbocycles. The minimum Gasteiger partial charge on any atom is -0.505 e. The number of aromatic hydroxyl groups is 1. The molecule has 0 heterocycles. The predicted octanol–water partition coefficient (Wildman–Crippen LogP) is 7.17. The van der Waals surface area contributed by atoms with Crippen LogP contribution in [0.2, 0.25) is 0 Å². The van der Waals surface area contributed by atoms with Crippen LogP contribution in [0.25, 0.3) is 21.9 Å². The van der Waals surface area contributed by atoms with Crippen LogP contribution >= 0.6 is 0 Å². The van der Waals surface area contributed by atoms with Crippen LogP contribution in [-0.4, -0.2) is 5.11 Å². The minimum atomic E-state index is -0.641. The van der Waals surface area contributed by atoms with Crippen LogP contribution in [0.5, 0.6) is 5.75 Å². The predicted molar refractivity (Wildman–Crippen MR) is 106 cm³/mol. The van der Waals surface area contributed by atoms with Crippen LogP contribution in [0.1, 0.15) is 50.5 Å². The molecular weight excluding hydrogens is 342 g/mol. The average molecular weight is 366 g/mol. The zero-order valence-corrected chi connectivity index (χ0v) is 15.5. The maximum absolute atomic E-state index is 14.9. The molecular formula is C24H24F2O. The van der Waals surface area contributed by atoms with E-state index >= 15 is 0 Å². The van der Waals surface area contributed by atoms with Gasteiger partial charge in [-0.05, 0) is 72.2 Å². The third-order valence-corrected chi connectivity index (χ3v) is 6.13. The second-order valence-electron chi connectivity index (χ2n) is 7.70. The quantitative estimate of drug-likeness (QED) is 0.521. The molecule has 1 fully saturated rings. The second kappa shape index (κ2) is 7.30. The number of halogens is 2. The molecule has 3 aromatic rings. The number of benzene rings is 3. The van der Waals surface area contributed by atoms with Crippen LogP contribution in [-0.2, 0) is 0 Å². The van der Waals surface area contributed by atoms with Crippen molar-refractivity contribution in [2.45, 2.75) is 44.9 Å². The van der Waals surface area contributed by atoms with Gasteiger partial charge in [0.2, 0.25) is 0 Å². The van der Waals surface area contributed by atoms with E-state index in [0.717, 1.165) is 24.3 Å². The molecule has 140 valence electrons. The summed E-state index contributed by atoms with van der Waals surface area (Å²) in [4.78, 5) is 0. The maximum atomic E-state index is 14.9. The maximum Gasteiger partial charge on any atom is 0.172 e. The van der Waals surface area contributed by atoms with Gasteiger partial charge in [0.1, 0.15) is 5.82 Å². The Hall–Kier alpha value is -2.42. The number of hydrogen-bond acceptors (Lipinski definition) is 1. The lowest BCUT2D eigenvalue weighted by Gasteiger charge is -2.28. The second-order valence-corrected chi connectivity index (χ2v) is 7.70. The Balaban J connectivity index is 1.63. The van der Waals surface area contributed by atoms with Gasteiger partial charge in [-0.25, -0.2) is 8.78 Å². The topological polar surface area (TPSA) is 20.2 Å². The van der Waals surface area contributed by atoms with Crippen LogP contribution in [0.15, 0.2) is 48.5 Å². The van der Waals surface area contributed by atoms with Gasteiger partial charge in [-0.2, -0.15) is 0 Å². The number of fused-ring (bicyclic) bond motifs is 1. The van der Waals surface area contributed by atoms with E-state index in [1.807, 2.05) is 12.1 Å². The molecule has 1 saturated carbocycles. The van der Waals surface area contributed by atoms with Crippen LogP contribution in [0.3, 0.4) is 0 Å². The molecule has 3 aromatic carbocycles. The first kappa shape index (κ1) is 18.0. The molecule has 1 nitrogen and oxygen atoms in total. The summed E-state index contributed by atoms with van der Waals surface area (Å²) < 4.78 is 28.9. The first-order valence-corrected chi connectivity index (χ1v) is 9.78. The lowest BCUT2D eigenvalue weighted by molar-refractivity contribution is 0.318. The van der Waals surface area contributed by atoms with E-state index < -0.39 is 5.82 Å². The van der Waals surface area contributed by atoms with Gasteiger partial charge in [0.05, 0.1) is 0 Å². The highest BCUT2D eigenvalue weighted by atomic mass is 19.1. The van der Waals surface area contributed by atoms with Gasteiger partial charge in [0.15, 0.2) is 11.6 Å². The normalized spacial score (nSPS) is 20.1. The van der Waals surface area contributed by atoms with Crippen molar-refractivity contribution in [3.8, 4) is 16.9 Å². The van der Waals surface area contributed by atoms with Crippen molar-refractivity contribution in [1.82, 2.24) is 0 Å². The van der Waals surface area contributed by atoms with Gasteiger partial charge in [0, 0.05) is 10.9 Å². The van der Waals surface area contributed by atoms with Crippen molar-refractivity contribution < 1.29 is 13.9 Å². The van der Waals surface area contributed by atoms with Crippen molar-refractivity contribution in [3.63, 3.8) is 0 Å². The van der Waals surface area contributed by atoms with E-state index in [1.54, 1.807) is 30.3 Å². The fraction of sp³-hybridized carbons (Fsp3) is 0.333. The fourth-order valence-electron chi connectivity index (χ4n) is 4.37. The molecule has 0 amide bonds. The molecule has 4 rings (SSSR count). The minimum absolute atomic E-state index is 0.233. The Morgan fingerprint density at radius 2 is 1.70 bits per heavy atom. The lowest BCUT2D eigenvalue weighted by atomic mass is 9.77. The van der Waals surface area contributed by atoms with E-state index in [1.165, 1.54) is 25.3 Å². The van der Waals surface area contributed by atoms with Crippen molar-refractivity contribution in [2.24, 2.45) is 5.92 Å². The Morgan fingerprint density at radius 1 is 0.926 bits per heavy atom. The zero-order chi connectivity index (χ0) is 19.0. The third kappa shape index (κ3) is 3.43. The molecule has 0 spiro atoms. The third-order valence-electron chi connectivity index (χ3n) is 6.13. The van der Waals surface area contributed by atoms with Crippen molar-refractivity contribution in [2.75, 3.05) is 0 Å². The van der Waals surface area contributed by atoms with Crippen molar-refractivity contribution >= 4 is 10.8 Å². The Morgan fingerprint density at radius 3 is 2.41 bits per heavy atom. The molecule has 0 aromatic heterocycles. The summed E-state index contributed by atoms with van der Waals surface area (Å²) in [6, 6.07) is 13.6. The molecule has 0 unspecified atom stereocenters. The van der Waals surface area contributed by atoms with Crippen LogP contribution in [0, 0.1) is 17.6 Å². The smallest absolute Gasteiger partial charge is 0.172 e. The van der Waals surface area contributed by atoms with Crippen LogP contribution < -0.4 is 0 Å². The molecule has 1 aliphatic rings. The zero-order valence-electron chi connectivity index (χ0n) is 15.5. The standard InChI is InChI=1S/C24H24F2O/c1-2-15-3-5-16(6-4-15)17-7-10-20(22(25)14-17)18-8-11-21-19(13-18)9-12-23(27)24(21)26/h7-16,27H,2-6H2,1H3.